The molecule has 4 heteroatoms. The molecule has 1 aromatic carbocycles. The fraction of sp³-hybridized carbons (Fsp3) is 0.375. The Bertz CT molecular complexity index is 626. The van der Waals surface area contributed by atoms with Crippen LogP contribution in [0.15, 0.2) is 30.3 Å². The summed E-state index contributed by atoms with van der Waals surface area (Å²) < 4.78 is 2.19. The van der Waals surface area contributed by atoms with Gasteiger partial charge in [0.25, 0.3) is 0 Å². The summed E-state index contributed by atoms with van der Waals surface area (Å²) in [5.41, 5.74) is 5.86. The largest absolute Gasteiger partial charge is 0.275 e. The molecule has 0 aliphatic heterocycles. The molecule has 2 heterocycles. The van der Waals surface area contributed by atoms with Gasteiger partial charge in [0, 0.05) is 16.5 Å². The maximum atomic E-state index is 4.21. The predicted octanol–water partition coefficient (Wildman–Crippen LogP) is 4.10. The zero-order chi connectivity index (χ0) is 13.6. The Kier molecular flexibility index (Phi) is 4.15. The Hall–Kier alpha value is -1.41. The summed E-state index contributed by atoms with van der Waals surface area (Å²) >= 11 is 0. The molecule has 3 nitrogen and oxygen atoms in total. The van der Waals surface area contributed by atoms with Gasteiger partial charge in [-0.1, -0.05) is 45.9 Å². The fourth-order valence-corrected chi connectivity index (χ4v) is 2.67. The molecule has 0 N–H and O–H groups in total. The number of nitrogens with zero attached hydrogens (tertiary/aromatic N) is 3. The van der Waals surface area contributed by atoms with Crippen molar-refractivity contribution in [2.24, 2.45) is 0 Å². The first-order chi connectivity index (χ1) is 9.09. The van der Waals surface area contributed by atoms with Gasteiger partial charge in [0.1, 0.15) is 0 Å². The van der Waals surface area contributed by atoms with E-state index in [1.54, 1.807) is 0 Å². The van der Waals surface area contributed by atoms with Crippen LogP contribution in [0.3, 0.4) is 0 Å². The standard InChI is InChI=1S/C16H19N3.Ni/c1-10(2)12-6-5-7-13(11(3)4)16(12)19-14-8-9-15(19)18-17-14;/h5-11H,1-4H3;. The first-order valence-corrected chi connectivity index (χ1v) is 6.86. The summed E-state index contributed by atoms with van der Waals surface area (Å²) in [6.45, 7) is 8.94. The molecule has 0 aliphatic carbocycles. The molecule has 0 amide bonds. The van der Waals surface area contributed by atoms with Crippen molar-refractivity contribution in [3.05, 3.63) is 41.5 Å². The minimum atomic E-state index is 0. The van der Waals surface area contributed by atoms with Gasteiger partial charge in [0.05, 0.1) is 5.69 Å². The number of para-hydroxylation sites is 1. The van der Waals surface area contributed by atoms with Crippen molar-refractivity contribution in [1.29, 1.82) is 0 Å². The molecular formula is C16H19N3Ni. The van der Waals surface area contributed by atoms with E-state index in [-0.39, 0.29) is 16.5 Å². The van der Waals surface area contributed by atoms with Crippen LogP contribution < -0.4 is 0 Å². The second-order valence-corrected chi connectivity index (χ2v) is 5.68. The van der Waals surface area contributed by atoms with Crippen LogP contribution in [0.2, 0.25) is 0 Å². The molecule has 0 aliphatic rings. The van der Waals surface area contributed by atoms with Crippen LogP contribution in [-0.4, -0.2) is 14.8 Å². The van der Waals surface area contributed by atoms with Crippen molar-refractivity contribution in [2.75, 3.05) is 0 Å². The van der Waals surface area contributed by atoms with Crippen LogP contribution in [-0.2, 0) is 16.5 Å². The summed E-state index contributed by atoms with van der Waals surface area (Å²) in [6.07, 6.45) is 0. The third kappa shape index (κ3) is 2.22. The van der Waals surface area contributed by atoms with Crippen LogP contribution in [0.5, 0.6) is 0 Å². The molecule has 108 valence electrons. The quantitative estimate of drug-likeness (QED) is 0.682. The third-order valence-electron chi connectivity index (χ3n) is 3.66. The van der Waals surface area contributed by atoms with Gasteiger partial charge in [-0.05, 0) is 35.1 Å². The van der Waals surface area contributed by atoms with Gasteiger partial charge in [-0.2, -0.15) is 0 Å². The van der Waals surface area contributed by atoms with E-state index in [1.165, 1.54) is 16.8 Å². The third-order valence-corrected chi connectivity index (χ3v) is 3.66. The molecule has 0 atom stereocenters. The molecule has 3 rings (SSSR count). The molecule has 0 fully saturated rings. The van der Waals surface area contributed by atoms with Gasteiger partial charge in [0.2, 0.25) is 0 Å². The van der Waals surface area contributed by atoms with Crippen LogP contribution in [0.25, 0.3) is 17.0 Å². The van der Waals surface area contributed by atoms with E-state index in [0.29, 0.717) is 11.8 Å². The Morgan fingerprint density at radius 1 is 0.800 bits per heavy atom. The number of benzene rings is 1. The monoisotopic (exact) mass is 311 g/mol. The van der Waals surface area contributed by atoms with Crippen molar-refractivity contribution in [3.63, 3.8) is 0 Å². The SMILES string of the molecule is CC(C)c1cccc(C(C)C)c1-n1c2ccc1nn2.[Ni]. The topological polar surface area (TPSA) is 30.7 Å². The Morgan fingerprint density at radius 3 is 1.60 bits per heavy atom. The minimum Gasteiger partial charge on any atom is -0.275 e. The zero-order valence-corrected chi connectivity index (χ0v) is 13.2. The molecule has 0 saturated carbocycles. The number of hydrogen-bond acceptors (Lipinski definition) is 2. The molecule has 20 heavy (non-hydrogen) atoms. The summed E-state index contributed by atoms with van der Waals surface area (Å²) in [6, 6.07) is 10.6. The van der Waals surface area contributed by atoms with E-state index in [4.69, 9.17) is 0 Å². The van der Waals surface area contributed by atoms with E-state index < -0.39 is 0 Å². The summed E-state index contributed by atoms with van der Waals surface area (Å²) in [5.74, 6) is 0.963. The molecular weight excluding hydrogens is 293 g/mol. The average molecular weight is 312 g/mol. The maximum absolute atomic E-state index is 4.21. The van der Waals surface area contributed by atoms with Crippen LogP contribution in [0, 0.1) is 0 Å². The molecule has 3 aromatic rings. The molecule has 0 spiro atoms. The first kappa shape index (κ1) is 15.0. The Balaban J connectivity index is 0.00000147. The second kappa shape index (κ2) is 5.53. The summed E-state index contributed by atoms with van der Waals surface area (Å²) in [4.78, 5) is 0. The smallest absolute Gasteiger partial charge is 0.161 e. The van der Waals surface area contributed by atoms with Crippen molar-refractivity contribution < 1.29 is 16.5 Å². The van der Waals surface area contributed by atoms with E-state index in [1.807, 2.05) is 12.1 Å². The predicted molar refractivity (Wildman–Crippen MR) is 78.2 cm³/mol. The van der Waals surface area contributed by atoms with E-state index >= 15 is 0 Å². The molecule has 0 saturated heterocycles. The van der Waals surface area contributed by atoms with Gasteiger partial charge < -0.3 is 0 Å². The van der Waals surface area contributed by atoms with Gasteiger partial charge in [-0.3, -0.25) is 4.57 Å². The van der Waals surface area contributed by atoms with Crippen LogP contribution >= 0.6 is 0 Å². The minimum absolute atomic E-state index is 0. The molecule has 2 aromatic heterocycles. The van der Waals surface area contributed by atoms with E-state index in [2.05, 4.69) is 60.7 Å². The van der Waals surface area contributed by atoms with E-state index in [9.17, 15) is 0 Å². The van der Waals surface area contributed by atoms with Crippen molar-refractivity contribution >= 4 is 11.3 Å². The van der Waals surface area contributed by atoms with E-state index in [0.717, 1.165) is 11.3 Å². The summed E-state index contributed by atoms with van der Waals surface area (Å²) in [7, 11) is 0. The second-order valence-electron chi connectivity index (χ2n) is 5.68. The number of aromatic nitrogens is 3. The van der Waals surface area contributed by atoms with Crippen molar-refractivity contribution in [1.82, 2.24) is 14.8 Å². The maximum Gasteiger partial charge on any atom is 0.161 e. The van der Waals surface area contributed by atoms with Gasteiger partial charge in [0.15, 0.2) is 11.3 Å². The Morgan fingerprint density at radius 2 is 1.25 bits per heavy atom. The normalized spacial score (nSPS) is 11.5. The number of rotatable bonds is 3. The number of fused-ring (bicyclic) bond motifs is 2. The zero-order valence-electron chi connectivity index (χ0n) is 12.2. The number of hydrogen-bond donors (Lipinski definition) is 0. The van der Waals surface area contributed by atoms with Crippen LogP contribution in [0.4, 0.5) is 0 Å². The summed E-state index contributed by atoms with van der Waals surface area (Å²) in [5, 5.41) is 8.41. The fourth-order valence-electron chi connectivity index (χ4n) is 2.67. The molecule has 2 bridgehead atoms. The van der Waals surface area contributed by atoms with Gasteiger partial charge >= 0.3 is 0 Å². The van der Waals surface area contributed by atoms with Gasteiger partial charge in [-0.25, -0.2) is 0 Å². The van der Waals surface area contributed by atoms with Crippen molar-refractivity contribution in [2.45, 2.75) is 39.5 Å². The molecule has 0 radical (unpaired) electrons. The van der Waals surface area contributed by atoms with Crippen LogP contribution in [0.1, 0.15) is 50.7 Å². The Labute approximate surface area is 129 Å². The average Bonchev–Trinajstić information content (AvgIpc) is 2.97. The first-order valence-electron chi connectivity index (χ1n) is 6.86. The van der Waals surface area contributed by atoms with Crippen molar-refractivity contribution in [3.8, 4) is 5.69 Å². The van der Waals surface area contributed by atoms with Gasteiger partial charge in [-0.15, -0.1) is 10.2 Å². The molecule has 0 unspecified atom stereocenters.